The largest absolute Gasteiger partial charge is 0.321 e. The summed E-state index contributed by atoms with van der Waals surface area (Å²) in [5.74, 6) is 0. The predicted octanol–water partition coefficient (Wildman–Crippen LogP) is 1.05. The topological polar surface area (TPSA) is 80.6 Å². The van der Waals surface area contributed by atoms with Gasteiger partial charge < -0.3 is 14.3 Å². The van der Waals surface area contributed by atoms with Crippen molar-refractivity contribution in [2.75, 3.05) is 0 Å². The van der Waals surface area contributed by atoms with Gasteiger partial charge in [0.25, 0.3) is 5.56 Å². The molecule has 0 aliphatic carbocycles. The highest BCUT2D eigenvalue weighted by Crippen LogP contribution is 2.20. The molecule has 0 spiro atoms. The van der Waals surface area contributed by atoms with Gasteiger partial charge in [0.05, 0.1) is 12.7 Å². The highest BCUT2D eigenvalue weighted by molar-refractivity contribution is 5.69. The first kappa shape index (κ1) is 11.5. The fourth-order valence-corrected chi connectivity index (χ4v) is 1.98. The first-order valence-electron chi connectivity index (χ1n) is 5.61. The number of imidazole rings is 1. The second-order valence-corrected chi connectivity index (χ2v) is 3.90. The van der Waals surface area contributed by atoms with Gasteiger partial charge in [-0.2, -0.15) is 0 Å². The molecule has 2 aromatic heterocycles. The van der Waals surface area contributed by atoms with Crippen LogP contribution >= 0.6 is 0 Å². The molecule has 0 saturated heterocycles. The molecule has 6 heteroatoms. The van der Waals surface area contributed by atoms with Crippen LogP contribution in [0.5, 0.6) is 0 Å². The molecule has 0 aliphatic heterocycles. The molecule has 6 nitrogen and oxygen atoms in total. The fourth-order valence-electron chi connectivity index (χ4n) is 1.98. The van der Waals surface area contributed by atoms with Crippen molar-refractivity contribution in [3.05, 3.63) is 23.0 Å². The lowest BCUT2D eigenvalue weighted by Crippen LogP contribution is -2.15. The number of aromatic amines is 1. The van der Waals surface area contributed by atoms with Gasteiger partial charge in [-0.1, -0.05) is 13.3 Å². The van der Waals surface area contributed by atoms with E-state index < -0.39 is 0 Å². The summed E-state index contributed by atoms with van der Waals surface area (Å²) < 4.78 is 1.75. The third-order valence-corrected chi connectivity index (χ3v) is 2.76. The summed E-state index contributed by atoms with van der Waals surface area (Å²) in [6, 6.07) is -0.0206. The molecule has 1 unspecified atom stereocenters. The second kappa shape index (κ2) is 4.90. The van der Waals surface area contributed by atoms with Crippen LogP contribution in [0.3, 0.4) is 0 Å². The maximum Gasteiger partial charge on any atom is 0.276 e. The number of nitrogens with one attached hydrogen (secondary N) is 1. The third-order valence-electron chi connectivity index (χ3n) is 2.76. The highest BCUT2D eigenvalue weighted by Gasteiger charge is 2.15. The minimum absolute atomic E-state index is 0.0206. The number of aldehydes is 1. The van der Waals surface area contributed by atoms with Gasteiger partial charge in [0.2, 0.25) is 0 Å². The van der Waals surface area contributed by atoms with Crippen molar-refractivity contribution in [1.82, 2.24) is 19.5 Å². The van der Waals surface area contributed by atoms with Crippen molar-refractivity contribution < 1.29 is 4.79 Å². The summed E-state index contributed by atoms with van der Waals surface area (Å²) in [6.07, 6.45) is 5.94. The molecule has 2 heterocycles. The molecule has 17 heavy (non-hydrogen) atoms. The zero-order chi connectivity index (χ0) is 12.3. The Morgan fingerprint density at radius 2 is 2.35 bits per heavy atom. The molecule has 0 bridgehead atoms. The number of aromatic nitrogens is 4. The van der Waals surface area contributed by atoms with Crippen molar-refractivity contribution in [1.29, 1.82) is 0 Å². The number of carbonyl (C=O) groups is 1. The fraction of sp³-hybridized carbons (Fsp3) is 0.455. The molecule has 0 amide bonds. The Morgan fingerprint density at radius 1 is 1.53 bits per heavy atom. The van der Waals surface area contributed by atoms with Gasteiger partial charge >= 0.3 is 0 Å². The summed E-state index contributed by atoms with van der Waals surface area (Å²) in [6.45, 7) is 2.04. The van der Waals surface area contributed by atoms with Gasteiger partial charge in [0, 0.05) is 12.5 Å². The first-order chi connectivity index (χ1) is 8.27. The highest BCUT2D eigenvalue weighted by atomic mass is 16.1. The van der Waals surface area contributed by atoms with Gasteiger partial charge in [0.1, 0.15) is 6.29 Å². The Morgan fingerprint density at radius 3 is 3.06 bits per heavy atom. The van der Waals surface area contributed by atoms with Crippen molar-refractivity contribution in [2.24, 2.45) is 0 Å². The molecule has 1 atom stereocenters. The number of carbonyl (C=O) groups excluding carboxylic acids is 1. The average Bonchev–Trinajstić information content (AvgIpc) is 2.74. The zero-order valence-electron chi connectivity index (χ0n) is 9.59. The molecule has 90 valence electrons. The van der Waals surface area contributed by atoms with E-state index in [1.165, 1.54) is 6.33 Å². The third kappa shape index (κ3) is 2.11. The van der Waals surface area contributed by atoms with Crippen molar-refractivity contribution >= 4 is 17.5 Å². The van der Waals surface area contributed by atoms with Crippen LogP contribution in [0, 0.1) is 0 Å². The monoisotopic (exact) mass is 234 g/mol. The number of nitrogens with zero attached hydrogens (tertiary/aromatic N) is 3. The van der Waals surface area contributed by atoms with Gasteiger partial charge in [-0.15, -0.1) is 0 Å². The smallest absolute Gasteiger partial charge is 0.276 e. The molecule has 0 aromatic carbocycles. The Balaban J connectivity index is 2.53. The van der Waals surface area contributed by atoms with Crippen LogP contribution in [-0.4, -0.2) is 25.8 Å². The van der Waals surface area contributed by atoms with E-state index in [0.29, 0.717) is 17.6 Å². The lowest BCUT2D eigenvalue weighted by molar-refractivity contribution is -0.108. The maximum absolute atomic E-state index is 11.7. The molecule has 1 N–H and O–H groups in total. The lowest BCUT2D eigenvalue weighted by atomic mass is 10.1. The molecule has 0 aliphatic rings. The van der Waals surface area contributed by atoms with Crippen LogP contribution in [0.15, 0.2) is 17.4 Å². The normalized spacial score (nSPS) is 12.8. The van der Waals surface area contributed by atoms with Gasteiger partial charge in [0.15, 0.2) is 11.2 Å². The number of fused-ring (bicyclic) bond motifs is 1. The molecular formula is C11H14N4O2. The van der Waals surface area contributed by atoms with Crippen LogP contribution < -0.4 is 5.56 Å². The summed E-state index contributed by atoms with van der Waals surface area (Å²) >= 11 is 0. The van der Waals surface area contributed by atoms with Crippen LogP contribution in [-0.2, 0) is 4.79 Å². The second-order valence-electron chi connectivity index (χ2n) is 3.90. The van der Waals surface area contributed by atoms with E-state index in [1.807, 2.05) is 6.92 Å². The molecular weight excluding hydrogens is 220 g/mol. The molecule has 0 saturated carbocycles. The molecule has 0 radical (unpaired) electrons. The maximum atomic E-state index is 11.7. The molecule has 2 aromatic rings. The van der Waals surface area contributed by atoms with E-state index in [9.17, 15) is 9.59 Å². The summed E-state index contributed by atoms with van der Waals surface area (Å²) in [7, 11) is 0. The van der Waals surface area contributed by atoms with Gasteiger partial charge in [-0.05, 0) is 6.42 Å². The van der Waals surface area contributed by atoms with E-state index in [1.54, 1.807) is 10.9 Å². The Bertz CT molecular complexity index is 572. The van der Waals surface area contributed by atoms with Crippen LogP contribution in [0.1, 0.15) is 32.2 Å². The number of hydrogen-bond acceptors (Lipinski definition) is 4. The number of H-pyrrole nitrogens is 1. The predicted molar refractivity (Wildman–Crippen MR) is 62.8 cm³/mol. The lowest BCUT2D eigenvalue weighted by Gasteiger charge is -2.15. The summed E-state index contributed by atoms with van der Waals surface area (Å²) in [5, 5.41) is 0. The van der Waals surface area contributed by atoms with E-state index in [2.05, 4.69) is 15.0 Å². The number of rotatable bonds is 5. The first-order valence-corrected chi connectivity index (χ1v) is 5.61. The van der Waals surface area contributed by atoms with Crippen LogP contribution in [0.4, 0.5) is 0 Å². The summed E-state index contributed by atoms with van der Waals surface area (Å²) in [4.78, 5) is 33.0. The van der Waals surface area contributed by atoms with Crippen molar-refractivity contribution in [3.63, 3.8) is 0 Å². The van der Waals surface area contributed by atoms with E-state index in [-0.39, 0.29) is 11.6 Å². The minimum Gasteiger partial charge on any atom is -0.321 e. The Kier molecular flexibility index (Phi) is 3.32. The van der Waals surface area contributed by atoms with E-state index >= 15 is 0 Å². The van der Waals surface area contributed by atoms with Crippen molar-refractivity contribution in [3.8, 4) is 0 Å². The van der Waals surface area contributed by atoms with E-state index in [4.69, 9.17) is 0 Å². The Hall–Kier alpha value is -1.98. The summed E-state index contributed by atoms with van der Waals surface area (Å²) in [5.41, 5.74) is 0.632. The average molecular weight is 234 g/mol. The SMILES string of the molecule is CCCC(CC=O)n1cnc2nc[nH]c(=O)c21. The van der Waals surface area contributed by atoms with Crippen molar-refractivity contribution in [2.45, 2.75) is 32.2 Å². The quantitative estimate of drug-likeness (QED) is 0.784. The Labute approximate surface area is 97.7 Å². The standard InChI is InChI=1S/C11H14N4O2/c1-2-3-8(4-5-16)15-7-14-10-9(15)11(17)13-6-12-10/h5-8H,2-4H2,1H3,(H,12,13,17). The van der Waals surface area contributed by atoms with Gasteiger partial charge in [-0.3, -0.25) is 4.79 Å². The van der Waals surface area contributed by atoms with Crippen LogP contribution in [0.2, 0.25) is 0 Å². The zero-order valence-corrected chi connectivity index (χ0v) is 9.59. The molecule has 2 rings (SSSR count). The van der Waals surface area contributed by atoms with E-state index in [0.717, 1.165) is 19.1 Å². The van der Waals surface area contributed by atoms with Crippen LogP contribution in [0.25, 0.3) is 11.2 Å². The number of hydrogen-bond donors (Lipinski definition) is 1. The minimum atomic E-state index is -0.223. The van der Waals surface area contributed by atoms with Gasteiger partial charge in [-0.25, -0.2) is 9.97 Å². The molecule has 0 fully saturated rings.